The highest BCUT2D eigenvalue weighted by Gasteiger charge is 2.63. The quantitative estimate of drug-likeness (QED) is 0.725. The van der Waals surface area contributed by atoms with Gasteiger partial charge in [0, 0.05) is 31.2 Å². The molecule has 33 heavy (non-hydrogen) atoms. The molecule has 0 fully saturated rings. The van der Waals surface area contributed by atoms with Crippen molar-refractivity contribution in [2.75, 3.05) is 4.90 Å². The topological polar surface area (TPSA) is 113 Å². The van der Waals surface area contributed by atoms with Crippen LogP contribution in [0.15, 0.2) is 71.3 Å². The third-order valence-corrected chi connectivity index (χ3v) is 6.50. The fraction of sp³-hybridized carbons (Fsp3) is 0.200. The van der Waals surface area contributed by atoms with Gasteiger partial charge in [-0.2, -0.15) is 5.26 Å². The number of allylic oxidation sites excluding steroid dienone is 1. The predicted octanol–water partition coefficient (Wildman–Crippen LogP) is 3.08. The van der Waals surface area contributed by atoms with Gasteiger partial charge >= 0.3 is 0 Å². The number of ether oxygens (including phenoxy) is 1. The number of amides is 2. The van der Waals surface area contributed by atoms with Crippen LogP contribution in [0.25, 0.3) is 0 Å². The maximum atomic E-state index is 14.5. The average Bonchev–Trinajstić information content (AvgIpc) is 3.03. The number of hydrogen-bond donors (Lipinski definition) is 1. The van der Waals surface area contributed by atoms with Crippen molar-refractivity contribution in [1.29, 1.82) is 5.26 Å². The van der Waals surface area contributed by atoms with Crippen LogP contribution in [0.3, 0.4) is 0 Å². The average molecular weight is 443 g/mol. The lowest BCUT2D eigenvalue weighted by molar-refractivity contribution is -0.128. The van der Waals surface area contributed by atoms with E-state index in [9.17, 15) is 24.0 Å². The molecule has 0 aromatic heterocycles. The zero-order valence-electron chi connectivity index (χ0n) is 17.6. The number of halogens is 1. The minimum atomic E-state index is -1.88. The summed E-state index contributed by atoms with van der Waals surface area (Å²) in [6.45, 7) is 1.23. The van der Waals surface area contributed by atoms with Crippen LogP contribution in [-0.4, -0.2) is 17.6 Å². The van der Waals surface area contributed by atoms with Crippen molar-refractivity contribution in [3.63, 3.8) is 0 Å². The zero-order valence-corrected chi connectivity index (χ0v) is 17.6. The van der Waals surface area contributed by atoms with Crippen LogP contribution < -0.4 is 10.6 Å². The van der Waals surface area contributed by atoms with Crippen molar-refractivity contribution < 1.29 is 23.5 Å². The Hall–Kier alpha value is -4.25. The molecule has 2 atom stereocenters. The third kappa shape index (κ3) is 2.62. The Morgan fingerprint density at radius 2 is 1.88 bits per heavy atom. The van der Waals surface area contributed by atoms with Crippen molar-refractivity contribution in [2.45, 2.75) is 31.1 Å². The summed E-state index contributed by atoms with van der Waals surface area (Å²) < 4.78 is 20.2. The molecule has 0 saturated heterocycles. The van der Waals surface area contributed by atoms with Crippen LogP contribution in [0.5, 0.6) is 0 Å². The molecule has 2 aromatic carbocycles. The molecule has 0 radical (unpaired) electrons. The van der Waals surface area contributed by atoms with Crippen LogP contribution in [0.4, 0.5) is 10.1 Å². The fourth-order valence-electron chi connectivity index (χ4n) is 5.22. The van der Waals surface area contributed by atoms with Crippen molar-refractivity contribution in [3.05, 3.63) is 88.3 Å². The first-order valence-electron chi connectivity index (χ1n) is 10.4. The van der Waals surface area contributed by atoms with Gasteiger partial charge in [-0.25, -0.2) is 9.29 Å². The molecular formula is C25H18FN3O4. The highest BCUT2D eigenvalue weighted by atomic mass is 19.1. The zero-order chi connectivity index (χ0) is 23.5. The Balaban J connectivity index is 1.77. The minimum Gasteiger partial charge on any atom is -0.444 e. The molecule has 2 unspecified atom stereocenters. The van der Waals surface area contributed by atoms with Crippen molar-refractivity contribution in [1.82, 2.24) is 0 Å². The first kappa shape index (κ1) is 20.6. The number of benzene rings is 2. The Bertz CT molecular complexity index is 1370. The van der Waals surface area contributed by atoms with E-state index >= 15 is 0 Å². The molecular weight excluding hydrogens is 425 g/mol. The molecule has 2 aliphatic heterocycles. The number of nitrogens with zero attached hydrogens (tertiary/aromatic N) is 2. The van der Waals surface area contributed by atoms with Gasteiger partial charge in [-0.15, -0.1) is 0 Å². The lowest BCUT2D eigenvalue weighted by Crippen LogP contribution is -2.50. The number of nitrogens with two attached hydrogens (primary N) is 1. The molecule has 1 aliphatic carbocycles. The van der Waals surface area contributed by atoms with Gasteiger partial charge in [0.1, 0.15) is 28.6 Å². The Morgan fingerprint density at radius 1 is 1.18 bits per heavy atom. The molecule has 2 heterocycles. The second-order valence-corrected chi connectivity index (χ2v) is 8.23. The van der Waals surface area contributed by atoms with Gasteiger partial charge in [0.05, 0.1) is 11.3 Å². The maximum absolute atomic E-state index is 14.5. The predicted molar refractivity (Wildman–Crippen MR) is 115 cm³/mol. The van der Waals surface area contributed by atoms with E-state index in [4.69, 9.17) is 10.5 Å². The number of hydrogen-bond acceptors (Lipinski definition) is 6. The van der Waals surface area contributed by atoms with Crippen molar-refractivity contribution in [3.8, 4) is 6.07 Å². The summed E-state index contributed by atoms with van der Waals surface area (Å²) in [5.41, 5.74) is 4.94. The Morgan fingerprint density at radius 3 is 2.58 bits per heavy atom. The van der Waals surface area contributed by atoms with E-state index in [1.54, 1.807) is 42.5 Å². The summed E-state index contributed by atoms with van der Waals surface area (Å²) in [4.78, 5) is 40.9. The normalized spacial score (nSPS) is 23.9. The number of para-hydroxylation sites is 1. The Kier molecular flexibility index (Phi) is 4.46. The summed E-state index contributed by atoms with van der Waals surface area (Å²) in [5, 5.41) is 9.99. The van der Waals surface area contributed by atoms with E-state index in [1.807, 2.05) is 6.07 Å². The molecule has 3 aliphatic rings. The Labute approximate surface area is 188 Å². The molecule has 164 valence electrons. The second-order valence-electron chi connectivity index (χ2n) is 8.23. The van der Waals surface area contributed by atoms with E-state index < -0.39 is 34.7 Å². The van der Waals surface area contributed by atoms with Gasteiger partial charge in [-0.3, -0.25) is 14.4 Å². The number of fused-ring (bicyclic) bond motifs is 3. The number of Topliss-reactive ketones (excluding diaryl/α,β-unsaturated/α-hetero) is 1. The van der Waals surface area contributed by atoms with E-state index in [2.05, 4.69) is 0 Å². The summed E-state index contributed by atoms with van der Waals surface area (Å²) in [7, 11) is 0. The first-order valence-corrected chi connectivity index (χ1v) is 10.4. The van der Waals surface area contributed by atoms with E-state index in [0.29, 0.717) is 11.1 Å². The highest BCUT2D eigenvalue weighted by molar-refractivity contribution is 6.28. The lowest BCUT2D eigenvalue weighted by Gasteiger charge is -2.39. The first-order chi connectivity index (χ1) is 15.8. The van der Waals surface area contributed by atoms with Gasteiger partial charge in [0.15, 0.2) is 5.78 Å². The van der Waals surface area contributed by atoms with Gasteiger partial charge in [-0.1, -0.05) is 36.4 Å². The van der Waals surface area contributed by atoms with Crippen LogP contribution in [0, 0.1) is 17.1 Å². The van der Waals surface area contributed by atoms with Gasteiger partial charge in [0.25, 0.3) is 5.91 Å². The maximum Gasteiger partial charge on any atom is 0.254 e. The van der Waals surface area contributed by atoms with Gasteiger partial charge in [-0.05, 0) is 17.7 Å². The summed E-state index contributed by atoms with van der Waals surface area (Å²) >= 11 is 0. The molecule has 0 saturated carbocycles. The molecule has 5 rings (SSSR count). The van der Waals surface area contributed by atoms with Gasteiger partial charge in [0.2, 0.25) is 11.8 Å². The largest absolute Gasteiger partial charge is 0.444 e. The number of carbonyl (C=O) groups is 3. The summed E-state index contributed by atoms with van der Waals surface area (Å²) in [6, 6.07) is 14.6. The van der Waals surface area contributed by atoms with Crippen molar-refractivity contribution >= 4 is 23.3 Å². The third-order valence-electron chi connectivity index (χ3n) is 6.50. The second kappa shape index (κ2) is 7.14. The number of carbonyl (C=O) groups excluding carboxylic acids is 3. The smallest absolute Gasteiger partial charge is 0.254 e. The van der Waals surface area contributed by atoms with E-state index in [1.165, 1.54) is 13.0 Å². The van der Waals surface area contributed by atoms with Crippen LogP contribution in [0.2, 0.25) is 0 Å². The molecule has 0 bridgehead atoms. The lowest BCUT2D eigenvalue weighted by atomic mass is 9.63. The molecule has 7 nitrogen and oxygen atoms in total. The number of anilines is 1. The number of ketones is 1. The van der Waals surface area contributed by atoms with E-state index in [0.717, 1.165) is 4.90 Å². The summed E-state index contributed by atoms with van der Waals surface area (Å²) in [5.74, 6) is -2.93. The van der Waals surface area contributed by atoms with Gasteiger partial charge < -0.3 is 10.5 Å². The molecule has 2 amide bonds. The van der Waals surface area contributed by atoms with Crippen LogP contribution in [0.1, 0.15) is 36.8 Å². The number of rotatable bonds is 1. The SMILES string of the molecule is CC(=O)N1C(=O)C2(C(C#N)=C(N)OC3=C2C(=O)CC(c2ccccc2F)C3)c2ccccc21. The van der Waals surface area contributed by atoms with Crippen LogP contribution >= 0.6 is 0 Å². The standard InChI is InChI=1S/C25H18FN3O4/c1-13(30)29-19-9-5-3-7-16(19)25(24(29)32)17(12-27)23(28)33-21-11-14(10-20(31)22(21)25)15-6-2-4-8-18(15)26/h2-9,14H,10-11,28H2,1H3. The highest BCUT2D eigenvalue weighted by Crippen LogP contribution is 2.56. The van der Waals surface area contributed by atoms with Crippen molar-refractivity contribution in [2.24, 2.45) is 5.73 Å². The van der Waals surface area contributed by atoms with Crippen LogP contribution in [-0.2, 0) is 24.5 Å². The van der Waals surface area contributed by atoms with E-state index in [-0.39, 0.29) is 41.3 Å². The number of nitriles is 1. The molecule has 8 heteroatoms. The monoisotopic (exact) mass is 443 g/mol. The summed E-state index contributed by atoms with van der Waals surface area (Å²) in [6.07, 6.45) is 0.0255. The molecule has 2 aromatic rings. The minimum absolute atomic E-state index is 0.0120. The fourth-order valence-corrected chi connectivity index (χ4v) is 5.22. The number of imide groups is 1. The molecule has 2 N–H and O–H groups in total. The molecule has 1 spiro atoms.